The number of halogens is 1. The Morgan fingerprint density at radius 2 is 1.45 bits per heavy atom. The van der Waals surface area contributed by atoms with Crippen LogP contribution >= 0.6 is 22.9 Å². The zero-order chi connectivity index (χ0) is 20.5. The fraction of sp³-hybridized carbons (Fsp3) is 0. The summed E-state index contributed by atoms with van der Waals surface area (Å²) in [6.07, 6.45) is 0. The van der Waals surface area contributed by atoms with Gasteiger partial charge in [0.15, 0.2) is 0 Å². The average Bonchev–Trinajstić information content (AvgIpc) is 3.34. The summed E-state index contributed by atoms with van der Waals surface area (Å²) in [5.41, 5.74) is 4.29. The second-order valence-corrected chi connectivity index (χ2v) is 9.42. The van der Waals surface area contributed by atoms with Gasteiger partial charge in [0.1, 0.15) is 11.2 Å². The Bertz CT molecular complexity index is 1810. The summed E-state index contributed by atoms with van der Waals surface area (Å²) in [5, 5.41) is 8.05. The molecule has 0 spiro atoms. The molecule has 0 fully saturated rings. The van der Waals surface area contributed by atoms with Crippen molar-refractivity contribution in [3.63, 3.8) is 0 Å². The lowest BCUT2D eigenvalue weighted by Crippen LogP contribution is -1.78. The summed E-state index contributed by atoms with van der Waals surface area (Å²) < 4.78 is 8.70. The molecule has 0 amide bonds. The summed E-state index contributed by atoms with van der Waals surface area (Å²) >= 11 is 8.05. The van der Waals surface area contributed by atoms with E-state index in [2.05, 4.69) is 84.9 Å². The highest BCUT2D eigenvalue weighted by atomic mass is 35.5. The van der Waals surface area contributed by atoms with Gasteiger partial charge in [0.05, 0.1) is 0 Å². The van der Waals surface area contributed by atoms with E-state index >= 15 is 0 Å². The van der Waals surface area contributed by atoms with Crippen LogP contribution in [0.25, 0.3) is 64.0 Å². The van der Waals surface area contributed by atoms with Gasteiger partial charge in [0, 0.05) is 36.0 Å². The smallest absolute Gasteiger partial charge is 0.136 e. The van der Waals surface area contributed by atoms with Crippen molar-refractivity contribution in [2.75, 3.05) is 0 Å². The topological polar surface area (TPSA) is 13.1 Å². The zero-order valence-electron chi connectivity index (χ0n) is 16.4. The van der Waals surface area contributed by atoms with Crippen molar-refractivity contribution in [3.05, 3.63) is 96.0 Å². The number of rotatable bonds is 1. The summed E-state index contributed by atoms with van der Waals surface area (Å²) in [6, 6.07) is 32.0. The van der Waals surface area contributed by atoms with Crippen LogP contribution in [0.15, 0.2) is 95.4 Å². The quantitative estimate of drug-likeness (QED) is 0.251. The molecular weight excluding hydrogens is 420 g/mol. The second kappa shape index (κ2) is 6.34. The number of hydrogen-bond donors (Lipinski definition) is 0. The van der Waals surface area contributed by atoms with Gasteiger partial charge in [-0.1, -0.05) is 66.2 Å². The van der Waals surface area contributed by atoms with E-state index in [1.807, 2.05) is 6.07 Å². The minimum Gasteiger partial charge on any atom is -0.456 e. The lowest BCUT2D eigenvalue weighted by atomic mass is 10.00. The fourth-order valence-corrected chi connectivity index (χ4v) is 6.14. The molecule has 0 saturated heterocycles. The summed E-state index contributed by atoms with van der Waals surface area (Å²) in [4.78, 5) is 0. The molecular formula is C28H15ClOS. The Morgan fingerprint density at radius 3 is 2.35 bits per heavy atom. The Kier molecular flexibility index (Phi) is 3.55. The van der Waals surface area contributed by atoms with Crippen LogP contribution in [-0.4, -0.2) is 0 Å². The Labute approximate surface area is 187 Å². The first-order valence-corrected chi connectivity index (χ1v) is 11.4. The highest BCUT2D eigenvalue weighted by molar-refractivity contribution is 7.26. The highest BCUT2D eigenvalue weighted by Crippen LogP contribution is 2.42. The van der Waals surface area contributed by atoms with E-state index in [1.165, 1.54) is 42.1 Å². The molecule has 2 heterocycles. The fourth-order valence-electron chi connectivity index (χ4n) is 4.63. The number of fused-ring (bicyclic) bond motifs is 7. The van der Waals surface area contributed by atoms with Crippen molar-refractivity contribution in [2.24, 2.45) is 0 Å². The van der Waals surface area contributed by atoms with E-state index in [4.69, 9.17) is 16.0 Å². The molecule has 0 bridgehead atoms. The van der Waals surface area contributed by atoms with Crippen molar-refractivity contribution < 1.29 is 4.42 Å². The maximum atomic E-state index is 6.25. The first-order valence-electron chi connectivity index (χ1n) is 10.2. The van der Waals surface area contributed by atoms with Crippen LogP contribution in [-0.2, 0) is 0 Å². The van der Waals surface area contributed by atoms with Crippen LogP contribution < -0.4 is 0 Å². The molecule has 0 aliphatic rings. The predicted octanol–water partition coefficient (Wildman–Crippen LogP) is 9.43. The maximum Gasteiger partial charge on any atom is 0.136 e. The van der Waals surface area contributed by atoms with Crippen molar-refractivity contribution >= 4 is 75.8 Å². The van der Waals surface area contributed by atoms with Gasteiger partial charge < -0.3 is 4.42 Å². The van der Waals surface area contributed by atoms with Gasteiger partial charge in [-0.25, -0.2) is 0 Å². The van der Waals surface area contributed by atoms with Crippen LogP contribution in [0.5, 0.6) is 0 Å². The summed E-state index contributed by atoms with van der Waals surface area (Å²) in [7, 11) is 0. The maximum absolute atomic E-state index is 6.25. The number of benzene rings is 5. The molecule has 0 radical (unpaired) electrons. The third-order valence-electron chi connectivity index (χ3n) is 6.11. The van der Waals surface area contributed by atoms with Crippen LogP contribution in [0.1, 0.15) is 0 Å². The van der Waals surface area contributed by atoms with Crippen LogP contribution in [0.2, 0.25) is 5.02 Å². The molecule has 2 aromatic heterocycles. The first kappa shape index (κ1) is 17.4. The lowest BCUT2D eigenvalue weighted by molar-refractivity contribution is 0.669. The van der Waals surface area contributed by atoms with Gasteiger partial charge in [-0.2, -0.15) is 0 Å². The molecule has 0 aliphatic carbocycles. The monoisotopic (exact) mass is 434 g/mol. The molecule has 1 nitrogen and oxygen atoms in total. The summed E-state index contributed by atoms with van der Waals surface area (Å²) in [5.74, 6) is 0. The predicted molar refractivity (Wildman–Crippen MR) is 135 cm³/mol. The number of thiophene rings is 1. The molecule has 0 N–H and O–H groups in total. The van der Waals surface area contributed by atoms with E-state index < -0.39 is 0 Å². The molecule has 7 rings (SSSR count). The van der Waals surface area contributed by atoms with Gasteiger partial charge in [-0.3, -0.25) is 0 Å². The van der Waals surface area contributed by atoms with E-state index in [1.54, 1.807) is 11.3 Å². The minimum absolute atomic E-state index is 0.777. The van der Waals surface area contributed by atoms with Gasteiger partial charge in [-0.15, -0.1) is 11.3 Å². The molecule has 0 aliphatic heterocycles. The normalized spacial score (nSPS) is 12.0. The molecule has 146 valence electrons. The Hall–Kier alpha value is -3.33. The summed E-state index contributed by atoms with van der Waals surface area (Å²) in [6.45, 7) is 0. The Balaban J connectivity index is 1.52. The van der Waals surface area contributed by atoms with Crippen LogP contribution in [0.3, 0.4) is 0 Å². The van der Waals surface area contributed by atoms with E-state index in [0.717, 1.165) is 27.0 Å². The first-order chi connectivity index (χ1) is 15.2. The minimum atomic E-state index is 0.777. The third-order valence-corrected chi connectivity index (χ3v) is 7.55. The highest BCUT2D eigenvalue weighted by Gasteiger charge is 2.13. The average molecular weight is 435 g/mol. The third kappa shape index (κ3) is 2.56. The molecule has 0 saturated carbocycles. The van der Waals surface area contributed by atoms with E-state index in [0.29, 0.717) is 0 Å². The molecule has 3 heteroatoms. The standard InChI is InChI=1S/C28H15ClOS/c29-19-9-10-21-22-7-3-6-20(28(22)31-27(21)15-19)18-8-11-25-23(13-18)24-12-16-4-1-2-5-17(16)14-26(24)30-25/h1-15H. The number of hydrogen-bond acceptors (Lipinski definition) is 2. The van der Waals surface area contributed by atoms with Crippen molar-refractivity contribution in [3.8, 4) is 11.1 Å². The second-order valence-electron chi connectivity index (χ2n) is 7.93. The SMILES string of the molecule is Clc1ccc2c(c1)sc1c(-c3ccc4oc5cc6ccccc6cc5c4c3)cccc12. The number of furan rings is 1. The lowest BCUT2D eigenvalue weighted by Gasteiger charge is -2.04. The zero-order valence-corrected chi connectivity index (χ0v) is 17.9. The van der Waals surface area contributed by atoms with Gasteiger partial charge >= 0.3 is 0 Å². The van der Waals surface area contributed by atoms with Gasteiger partial charge in [-0.05, 0) is 58.3 Å². The molecule has 7 aromatic rings. The molecule has 0 atom stereocenters. The van der Waals surface area contributed by atoms with Crippen LogP contribution in [0.4, 0.5) is 0 Å². The van der Waals surface area contributed by atoms with Gasteiger partial charge in [0.25, 0.3) is 0 Å². The van der Waals surface area contributed by atoms with Gasteiger partial charge in [0.2, 0.25) is 0 Å². The van der Waals surface area contributed by atoms with Crippen molar-refractivity contribution in [1.82, 2.24) is 0 Å². The van der Waals surface area contributed by atoms with E-state index in [9.17, 15) is 0 Å². The Morgan fingerprint density at radius 1 is 0.613 bits per heavy atom. The molecule has 0 unspecified atom stereocenters. The largest absolute Gasteiger partial charge is 0.456 e. The van der Waals surface area contributed by atoms with Crippen molar-refractivity contribution in [1.29, 1.82) is 0 Å². The molecule has 5 aromatic carbocycles. The van der Waals surface area contributed by atoms with E-state index in [-0.39, 0.29) is 0 Å². The van der Waals surface area contributed by atoms with Crippen molar-refractivity contribution in [2.45, 2.75) is 0 Å². The van der Waals surface area contributed by atoms with Crippen LogP contribution in [0, 0.1) is 0 Å². The molecule has 31 heavy (non-hydrogen) atoms.